The Bertz CT molecular complexity index is 964. The lowest BCUT2D eigenvalue weighted by Gasteiger charge is -2.09. The van der Waals surface area contributed by atoms with Crippen LogP contribution in [-0.2, 0) is 13.0 Å². The fourth-order valence-corrected chi connectivity index (χ4v) is 2.66. The Hall–Kier alpha value is -3.18. The Morgan fingerprint density at radius 2 is 2.04 bits per heavy atom. The summed E-state index contributed by atoms with van der Waals surface area (Å²) in [5.41, 5.74) is 1.23. The fourth-order valence-electron chi connectivity index (χ4n) is 2.49. The molecule has 0 saturated heterocycles. The molecule has 0 aliphatic heterocycles. The van der Waals surface area contributed by atoms with E-state index in [0.717, 1.165) is 11.3 Å². The predicted octanol–water partition coefficient (Wildman–Crippen LogP) is 5.20. The van der Waals surface area contributed by atoms with Crippen molar-refractivity contribution < 1.29 is 19.1 Å². The van der Waals surface area contributed by atoms with E-state index in [1.807, 2.05) is 30.3 Å². The number of hydrogen-bond donors (Lipinski definition) is 2. The van der Waals surface area contributed by atoms with E-state index in [1.54, 1.807) is 12.1 Å². The second-order valence-corrected chi connectivity index (χ2v) is 6.21. The maximum Gasteiger partial charge on any atom is 0.291 e. The van der Waals surface area contributed by atoms with E-state index >= 15 is 0 Å². The first-order chi connectivity index (χ1) is 13.1. The van der Waals surface area contributed by atoms with Crippen LogP contribution in [0.1, 0.15) is 21.9 Å². The number of rotatable bonds is 7. The fraction of sp³-hybridized carbons (Fsp3) is 0.0952. The molecule has 1 aromatic heterocycles. The zero-order valence-corrected chi connectivity index (χ0v) is 15.2. The van der Waals surface area contributed by atoms with Crippen molar-refractivity contribution in [1.82, 2.24) is 0 Å². The van der Waals surface area contributed by atoms with Crippen molar-refractivity contribution in [1.29, 1.82) is 0 Å². The van der Waals surface area contributed by atoms with Crippen LogP contribution < -0.4 is 10.1 Å². The van der Waals surface area contributed by atoms with Crippen molar-refractivity contribution in [3.63, 3.8) is 0 Å². The van der Waals surface area contributed by atoms with Crippen molar-refractivity contribution in [3.05, 3.63) is 89.4 Å². The number of ether oxygens (including phenoxy) is 1. The average Bonchev–Trinajstić information content (AvgIpc) is 3.13. The summed E-state index contributed by atoms with van der Waals surface area (Å²) >= 11 is 5.88. The monoisotopic (exact) mass is 383 g/mol. The van der Waals surface area contributed by atoms with Crippen molar-refractivity contribution in [2.45, 2.75) is 13.0 Å². The van der Waals surface area contributed by atoms with Crippen LogP contribution in [0.15, 0.2) is 71.7 Å². The summed E-state index contributed by atoms with van der Waals surface area (Å²) in [5, 5.41) is 12.7. The molecule has 0 aliphatic rings. The standard InChI is InChI=1S/C21H18ClNO4/c1-2-5-14-6-3-4-7-19(14)26-13-16-9-11-20(27-16)21(25)23-17-12-15(22)8-10-18(17)24/h2-4,6-12,24H,1,5,13H2,(H,23,25). The molecule has 0 unspecified atom stereocenters. The Kier molecular flexibility index (Phi) is 5.84. The Labute approximate surface area is 161 Å². The van der Waals surface area contributed by atoms with Gasteiger partial charge in [0.2, 0.25) is 0 Å². The molecule has 1 amide bonds. The minimum atomic E-state index is -0.495. The molecule has 2 aromatic carbocycles. The molecule has 3 aromatic rings. The summed E-state index contributed by atoms with van der Waals surface area (Å²) < 4.78 is 11.3. The molecule has 0 aliphatic carbocycles. The lowest BCUT2D eigenvalue weighted by molar-refractivity contribution is 0.0992. The van der Waals surface area contributed by atoms with Gasteiger partial charge in [0, 0.05) is 5.02 Å². The number of allylic oxidation sites excluding steroid dienone is 1. The SMILES string of the molecule is C=CCc1ccccc1OCc1ccc(C(=O)Nc2cc(Cl)ccc2O)o1. The number of nitrogens with one attached hydrogen (secondary N) is 1. The number of amides is 1. The molecule has 6 heteroatoms. The number of benzene rings is 2. The molecule has 0 spiro atoms. The molecule has 0 fully saturated rings. The highest BCUT2D eigenvalue weighted by molar-refractivity contribution is 6.31. The number of carbonyl (C=O) groups excluding carboxylic acids is 1. The molecular formula is C21H18ClNO4. The number of aromatic hydroxyl groups is 1. The number of phenols is 1. The Morgan fingerprint density at radius 1 is 1.22 bits per heavy atom. The van der Waals surface area contributed by atoms with Crippen LogP contribution in [0.4, 0.5) is 5.69 Å². The number of phenolic OH excluding ortho intramolecular Hbond substituents is 1. The average molecular weight is 384 g/mol. The number of halogens is 1. The zero-order chi connectivity index (χ0) is 19.2. The number of carbonyl (C=O) groups is 1. The number of anilines is 1. The topological polar surface area (TPSA) is 71.7 Å². The van der Waals surface area contributed by atoms with Crippen LogP contribution in [0.2, 0.25) is 5.02 Å². The van der Waals surface area contributed by atoms with Crippen LogP contribution in [0.3, 0.4) is 0 Å². The number of para-hydroxylation sites is 1. The van der Waals surface area contributed by atoms with Gasteiger partial charge in [-0.1, -0.05) is 35.9 Å². The van der Waals surface area contributed by atoms with Gasteiger partial charge in [0.15, 0.2) is 5.76 Å². The molecule has 27 heavy (non-hydrogen) atoms. The highest BCUT2D eigenvalue weighted by atomic mass is 35.5. The van der Waals surface area contributed by atoms with Crippen molar-refractivity contribution in [2.75, 3.05) is 5.32 Å². The van der Waals surface area contributed by atoms with Crippen LogP contribution in [0, 0.1) is 0 Å². The van der Waals surface area contributed by atoms with E-state index in [9.17, 15) is 9.90 Å². The predicted molar refractivity (Wildman–Crippen MR) is 104 cm³/mol. The summed E-state index contributed by atoms with van der Waals surface area (Å²) in [6, 6.07) is 15.3. The third kappa shape index (κ3) is 4.71. The smallest absolute Gasteiger partial charge is 0.291 e. The maximum atomic E-state index is 12.3. The van der Waals surface area contributed by atoms with Crippen molar-refractivity contribution in [2.24, 2.45) is 0 Å². The summed E-state index contributed by atoms with van der Waals surface area (Å²) in [5.74, 6) is 0.771. The first kappa shape index (κ1) is 18.6. The highest BCUT2D eigenvalue weighted by Crippen LogP contribution is 2.27. The van der Waals surface area contributed by atoms with E-state index in [0.29, 0.717) is 17.2 Å². The summed E-state index contributed by atoms with van der Waals surface area (Å²) in [7, 11) is 0. The van der Waals surface area contributed by atoms with Gasteiger partial charge in [-0.15, -0.1) is 6.58 Å². The molecule has 5 nitrogen and oxygen atoms in total. The van der Waals surface area contributed by atoms with Crippen LogP contribution in [-0.4, -0.2) is 11.0 Å². The van der Waals surface area contributed by atoms with Crippen LogP contribution in [0.25, 0.3) is 0 Å². The molecule has 0 saturated carbocycles. The third-order valence-electron chi connectivity index (χ3n) is 3.80. The Morgan fingerprint density at radius 3 is 2.85 bits per heavy atom. The highest BCUT2D eigenvalue weighted by Gasteiger charge is 2.14. The molecule has 2 N–H and O–H groups in total. The molecule has 0 atom stereocenters. The Balaban J connectivity index is 1.65. The molecule has 0 radical (unpaired) electrons. The molecular weight excluding hydrogens is 366 g/mol. The molecule has 1 heterocycles. The van der Waals surface area contributed by atoms with E-state index in [1.165, 1.54) is 18.2 Å². The summed E-state index contributed by atoms with van der Waals surface area (Å²) in [6.07, 6.45) is 2.51. The van der Waals surface area contributed by atoms with Crippen LogP contribution >= 0.6 is 11.6 Å². The van der Waals surface area contributed by atoms with Gasteiger partial charge in [-0.2, -0.15) is 0 Å². The quantitative estimate of drug-likeness (QED) is 0.434. The minimum Gasteiger partial charge on any atom is -0.506 e. The van der Waals surface area contributed by atoms with Gasteiger partial charge in [-0.25, -0.2) is 0 Å². The van der Waals surface area contributed by atoms with E-state index in [-0.39, 0.29) is 23.8 Å². The van der Waals surface area contributed by atoms with Crippen molar-refractivity contribution in [3.8, 4) is 11.5 Å². The third-order valence-corrected chi connectivity index (χ3v) is 4.03. The molecule has 0 bridgehead atoms. The molecule has 138 valence electrons. The number of furan rings is 1. The largest absolute Gasteiger partial charge is 0.506 e. The van der Waals surface area contributed by atoms with Gasteiger partial charge in [0.25, 0.3) is 5.91 Å². The van der Waals surface area contributed by atoms with Gasteiger partial charge in [-0.05, 0) is 48.4 Å². The van der Waals surface area contributed by atoms with E-state index in [2.05, 4.69) is 11.9 Å². The van der Waals surface area contributed by atoms with Gasteiger partial charge in [-0.3, -0.25) is 4.79 Å². The maximum absolute atomic E-state index is 12.3. The van der Waals surface area contributed by atoms with E-state index < -0.39 is 5.91 Å². The molecule has 3 rings (SSSR count). The van der Waals surface area contributed by atoms with Gasteiger partial charge >= 0.3 is 0 Å². The summed E-state index contributed by atoms with van der Waals surface area (Å²) in [4.78, 5) is 12.3. The van der Waals surface area contributed by atoms with E-state index in [4.69, 9.17) is 20.8 Å². The van der Waals surface area contributed by atoms with Gasteiger partial charge in [0.05, 0.1) is 5.69 Å². The number of hydrogen-bond acceptors (Lipinski definition) is 4. The van der Waals surface area contributed by atoms with Gasteiger partial charge in [0.1, 0.15) is 23.9 Å². The zero-order valence-electron chi connectivity index (χ0n) is 14.4. The first-order valence-electron chi connectivity index (χ1n) is 8.27. The van der Waals surface area contributed by atoms with Crippen molar-refractivity contribution >= 4 is 23.2 Å². The summed E-state index contributed by atoms with van der Waals surface area (Å²) in [6.45, 7) is 3.92. The second-order valence-electron chi connectivity index (χ2n) is 5.77. The lowest BCUT2D eigenvalue weighted by atomic mass is 10.1. The minimum absolute atomic E-state index is 0.0818. The second kappa shape index (κ2) is 8.47. The lowest BCUT2D eigenvalue weighted by Crippen LogP contribution is -2.11. The first-order valence-corrected chi connectivity index (χ1v) is 8.65. The van der Waals surface area contributed by atoms with Gasteiger partial charge < -0.3 is 19.6 Å². The van der Waals surface area contributed by atoms with Crippen LogP contribution in [0.5, 0.6) is 11.5 Å². The normalized spacial score (nSPS) is 10.4.